The Morgan fingerprint density at radius 2 is 1.58 bits per heavy atom. The molecule has 3 N–H and O–H groups in total. The van der Waals surface area contributed by atoms with Crippen molar-refractivity contribution in [3.63, 3.8) is 0 Å². The van der Waals surface area contributed by atoms with E-state index in [1.807, 2.05) is 42.5 Å². The van der Waals surface area contributed by atoms with E-state index in [-0.39, 0.29) is 11.6 Å². The summed E-state index contributed by atoms with van der Waals surface area (Å²) in [5.41, 5.74) is 4.39. The molecule has 0 bridgehead atoms. The van der Waals surface area contributed by atoms with Crippen LogP contribution in [0.5, 0.6) is 0 Å². The summed E-state index contributed by atoms with van der Waals surface area (Å²) in [7, 11) is 1.36. The number of benzene rings is 4. The van der Waals surface area contributed by atoms with Crippen LogP contribution in [0.4, 0.5) is 10.7 Å². The Bertz CT molecular complexity index is 2430. The summed E-state index contributed by atoms with van der Waals surface area (Å²) in [4.78, 5) is 55.2. The maximum atomic E-state index is 13.7. The van der Waals surface area contributed by atoms with E-state index >= 15 is 0 Å². The lowest BCUT2D eigenvalue weighted by atomic mass is 9.83. The van der Waals surface area contributed by atoms with Gasteiger partial charge in [-0.1, -0.05) is 76.6 Å². The first-order chi connectivity index (χ1) is 27.6. The Hall–Kier alpha value is -5.69. The molecule has 1 aliphatic carbocycles. The van der Waals surface area contributed by atoms with Crippen molar-refractivity contribution in [1.29, 1.82) is 0 Å². The number of carbonyl (C=O) groups is 4. The van der Waals surface area contributed by atoms with Gasteiger partial charge in [0.05, 0.1) is 17.9 Å². The van der Waals surface area contributed by atoms with Gasteiger partial charge in [0.1, 0.15) is 22.2 Å². The molecule has 288 valence electrons. The molecule has 0 spiro atoms. The predicted octanol–water partition coefficient (Wildman–Crippen LogP) is 10.4. The van der Waals surface area contributed by atoms with E-state index in [0.717, 1.165) is 44.6 Å². The van der Waals surface area contributed by atoms with Crippen molar-refractivity contribution >= 4 is 79.5 Å². The minimum absolute atomic E-state index is 0.0125. The van der Waals surface area contributed by atoms with Crippen molar-refractivity contribution in [3.8, 4) is 11.3 Å². The van der Waals surface area contributed by atoms with E-state index < -0.39 is 23.0 Å². The summed E-state index contributed by atoms with van der Waals surface area (Å²) >= 11 is 6.24. The van der Waals surface area contributed by atoms with Crippen molar-refractivity contribution < 1.29 is 28.3 Å². The Morgan fingerprint density at radius 3 is 2.28 bits per heavy atom. The van der Waals surface area contributed by atoms with Crippen LogP contribution in [-0.2, 0) is 27.2 Å². The number of hydrogen-bond donors (Lipinski definition) is 3. The van der Waals surface area contributed by atoms with E-state index in [1.165, 1.54) is 41.8 Å². The van der Waals surface area contributed by atoms with Gasteiger partial charge in [-0.25, -0.2) is 4.79 Å². The van der Waals surface area contributed by atoms with E-state index in [2.05, 4.69) is 44.0 Å². The number of nitrogens with one attached hydrogen (secondary N) is 3. The first kappa shape index (κ1) is 39.5. The second kappa shape index (κ2) is 18.1. The summed E-state index contributed by atoms with van der Waals surface area (Å²) in [6.07, 6.45) is 3.92. The third-order valence-electron chi connectivity index (χ3n) is 9.53. The van der Waals surface area contributed by atoms with Crippen molar-refractivity contribution in [1.82, 2.24) is 5.32 Å². The molecule has 0 aliphatic heterocycles. The molecule has 3 amide bonds. The highest BCUT2D eigenvalue weighted by Gasteiger charge is 2.31. The van der Waals surface area contributed by atoms with Gasteiger partial charge in [-0.05, 0) is 104 Å². The summed E-state index contributed by atoms with van der Waals surface area (Å²) in [6.45, 7) is 1.80. The highest BCUT2D eigenvalue weighted by Crippen LogP contribution is 2.43. The average molecular weight is 861 g/mol. The highest BCUT2D eigenvalue weighted by atomic mass is 79.9. The van der Waals surface area contributed by atoms with Gasteiger partial charge in [-0.2, -0.15) is 0 Å². The third-order valence-corrected chi connectivity index (χ3v) is 12.3. The van der Waals surface area contributed by atoms with Gasteiger partial charge in [-0.15, -0.1) is 23.1 Å². The fraction of sp³-hybridized carbons (Fsp3) is 0.156. The molecule has 2 unspecified atom stereocenters. The lowest BCUT2D eigenvalue weighted by molar-refractivity contribution is -0.115. The third kappa shape index (κ3) is 9.65. The molecule has 2 atom stereocenters. The number of anilines is 2. The number of hydrogen-bond acceptors (Lipinski definition) is 8. The number of halogens is 1. The molecule has 1 aliphatic rings. The molecule has 2 aromatic heterocycles. The molecule has 0 saturated heterocycles. The quantitative estimate of drug-likeness (QED) is 0.0635. The van der Waals surface area contributed by atoms with Crippen LogP contribution in [-0.4, -0.2) is 36.1 Å². The molecule has 12 heteroatoms. The van der Waals surface area contributed by atoms with Crippen LogP contribution in [0.1, 0.15) is 61.7 Å². The first-order valence-corrected chi connectivity index (χ1v) is 20.7. The van der Waals surface area contributed by atoms with E-state index in [4.69, 9.17) is 9.15 Å². The van der Waals surface area contributed by atoms with Crippen LogP contribution in [0.25, 0.3) is 17.4 Å². The first-order valence-electron chi connectivity index (χ1n) is 18.3. The number of thiophene rings is 1. The Kier molecular flexibility index (Phi) is 12.5. The summed E-state index contributed by atoms with van der Waals surface area (Å²) in [5, 5.41) is 8.62. The number of methoxy groups -OCH3 is 1. The highest BCUT2D eigenvalue weighted by molar-refractivity contribution is 9.10. The maximum absolute atomic E-state index is 13.7. The van der Waals surface area contributed by atoms with Crippen LogP contribution in [0.3, 0.4) is 0 Å². The second-order valence-electron chi connectivity index (χ2n) is 13.4. The molecule has 0 fully saturated rings. The van der Waals surface area contributed by atoms with E-state index in [0.29, 0.717) is 39.3 Å². The summed E-state index contributed by atoms with van der Waals surface area (Å²) < 4.78 is 12.1. The molecule has 7 rings (SSSR count). The average Bonchev–Trinajstić information content (AvgIpc) is 3.85. The van der Waals surface area contributed by atoms with Gasteiger partial charge in [0.2, 0.25) is 5.91 Å². The molecule has 57 heavy (non-hydrogen) atoms. The van der Waals surface area contributed by atoms with E-state index in [1.54, 1.807) is 73.7 Å². The van der Waals surface area contributed by atoms with Gasteiger partial charge in [-0.3, -0.25) is 14.4 Å². The number of rotatable bonds is 12. The zero-order valence-electron chi connectivity index (χ0n) is 31.0. The number of amides is 3. The van der Waals surface area contributed by atoms with Crippen molar-refractivity contribution in [2.75, 3.05) is 17.7 Å². The Labute approximate surface area is 347 Å². The number of fused-ring (bicyclic) bond motifs is 1. The fourth-order valence-electron chi connectivity index (χ4n) is 6.57. The standard InChI is InChI=1S/C45H38BrN3O6S2/c1-27(41(50)49-44-40(45(53)54-2)36-23-15-31(25-39(36)57-44)28-9-5-3-6-10-28)56-35-21-18-33(19-22-35)47-43(52)37(48-42(51)30-11-7-4-8-12-30)26-34-20-24-38(55-34)29-13-16-32(46)17-14-29/h3-14,16-22,24,26-27,31H,15,23,25H2,1-2H3,(H,47,52)(H,48,51)(H,49,50)/b37-26-. The van der Waals surface area contributed by atoms with Gasteiger partial charge >= 0.3 is 5.97 Å². The molecular formula is C45H38BrN3O6S2. The van der Waals surface area contributed by atoms with Crippen molar-refractivity contribution in [2.24, 2.45) is 0 Å². The minimum atomic E-state index is -0.552. The zero-order chi connectivity index (χ0) is 39.9. The maximum Gasteiger partial charge on any atom is 0.341 e. The fourth-order valence-corrected chi connectivity index (χ4v) is 9.02. The summed E-state index contributed by atoms with van der Waals surface area (Å²) in [6, 6.07) is 37.2. The van der Waals surface area contributed by atoms with Crippen molar-refractivity contribution in [3.05, 3.63) is 164 Å². The van der Waals surface area contributed by atoms with Crippen molar-refractivity contribution in [2.45, 2.75) is 42.2 Å². The van der Waals surface area contributed by atoms with Gasteiger partial charge in [0.15, 0.2) is 0 Å². The van der Waals surface area contributed by atoms with Crippen LogP contribution in [0.15, 0.2) is 141 Å². The number of thioether (sulfide) groups is 1. The smallest absolute Gasteiger partial charge is 0.341 e. The molecule has 6 aromatic rings. The molecular weight excluding hydrogens is 823 g/mol. The van der Waals surface area contributed by atoms with Gasteiger partial charge in [0, 0.05) is 37.1 Å². The minimum Gasteiger partial charge on any atom is -0.465 e. The monoisotopic (exact) mass is 859 g/mol. The van der Waals surface area contributed by atoms with Crippen LogP contribution < -0.4 is 16.0 Å². The summed E-state index contributed by atoms with van der Waals surface area (Å²) in [5.74, 6) is -0.371. The normalized spacial score (nSPS) is 14.2. The van der Waals surface area contributed by atoms with E-state index in [9.17, 15) is 19.2 Å². The van der Waals surface area contributed by atoms with Crippen LogP contribution in [0.2, 0.25) is 0 Å². The number of carbonyl (C=O) groups excluding carboxylic acids is 4. The molecule has 0 saturated carbocycles. The Morgan fingerprint density at radius 1 is 0.877 bits per heavy atom. The van der Waals surface area contributed by atoms with Gasteiger partial charge < -0.3 is 25.1 Å². The molecule has 4 aromatic carbocycles. The second-order valence-corrected chi connectivity index (χ2v) is 16.8. The predicted molar refractivity (Wildman–Crippen MR) is 230 cm³/mol. The molecule has 9 nitrogen and oxygen atoms in total. The topological polar surface area (TPSA) is 127 Å². The lowest BCUT2D eigenvalue weighted by Crippen LogP contribution is -2.30. The SMILES string of the molecule is COC(=O)c1c(NC(=O)C(C)Sc2ccc(NC(=O)/C(=C/c3ccc(-c4ccc(Br)cc4)o3)NC(=O)c3ccccc3)cc2)sc2c1CCC(c1ccccc1)C2. The van der Waals surface area contributed by atoms with Crippen LogP contribution in [0, 0.1) is 0 Å². The number of furan rings is 1. The largest absolute Gasteiger partial charge is 0.465 e. The number of ether oxygens (including phenoxy) is 1. The molecule has 0 radical (unpaired) electrons. The number of esters is 1. The van der Waals surface area contributed by atoms with Crippen LogP contribution >= 0.6 is 39.0 Å². The lowest BCUT2D eigenvalue weighted by Gasteiger charge is -2.22. The molecule has 2 heterocycles. The zero-order valence-corrected chi connectivity index (χ0v) is 34.3. The Balaban J connectivity index is 1.02. The van der Waals surface area contributed by atoms with Gasteiger partial charge in [0.25, 0.3) is 11.8 Å².